The highest BCUT2D eigenvalue weighted by atomic mass is 19.1. The van der Waals surface area contributed by atoms with Gasteiger partial charge in [-0.3, -0.25) is 5.41 Å². The van der Waals surface area contributed by atoms with E-state index in [0.717, 1.165) is 5.56 Å². The normalized spacial score (nSPS) is 10.3. The van der Waals surface area contributed by atoms with Crippen LogP contribution in [-0.2, 0) is 0 Å². The Balaban J connectivity index is 2.53. The molecular formula is C14H15FN4. The SMILES string of the molecule is Cc1ccnc(N(C)c2cccc(F)c2)c1C(=N)N. The molecule has 0 amide bonds. The van der Waals surface area contributed by atoms with E-state index >= 15 is 0 Å². The van der Waals surface area contributed by atoms with Crippen molar-refractivity contribution in [1.82, 2.24) is 4.98 Å². The lowest BCUT2D eigenvalue weighted by molar-refractivity contribution is 0.628. The van der Waals surface area contributed by atoms with Crippen molar-refractivity contribution in [3.05, 3.63) is 53.5 Å². The fourth-order valence-electron chi connectivity index (χ4n) is 1.94. The smallest absolute Gasteiger partial charge is 0.143 e. The topological polar surface area (TPSA) is 66.0 Å². The number of hydrogen-bond acceptors (Lipinski definition) is 3. The Bertz CT molecular complexity index is 625. The molecule has 0 aliphatic heterocycles. The number of nitrogens with zero attached hydrogens (tertiary/aromatic N) is 2. The molecule has 1 aromatic carbocycles. The summed E-state index contributed by atoms with van der Waals surface area (Å²) >= 11 is 0. The van der Waals surface area contributed by atoms with Crippen LogP contribution in [0.15, 0.2) is 36.5 Å². The molecule has 19 heavy (non-hydrogen) atoms. The van der Waals surface area contributed by atoms with Crippen molar-refractivity contribution in [2.45, 2.75) is 6.92 Å². The van der Waals surface area contributed by atoms with Gasteiger partial charge in [-0.05, 0) is 36.8 Å². The molecule has 0 saturated heterocycles. The molecule has 0 radical (unpaired) electrons. The summed E-state index contributed by atoms with van der Waals surface area (Å²) in [6.45, 7) is 1.86. The second kappa shape index (κ2) is 5.06. The predicted molar refractivity (Wildman–Crippen MR) is 74.5 cm³/mol. The molecule has 2 rings (SSSR count). The Labute approximate surface area is 111 Å². The lowest BCUT2D eigenvalue weighted by atomic mass is 10.1. The van der Waals surface area contributed by atoms with Crippen LogP contribution in [0.2, 0.25) is 0 Å². The number of aryl methyl sites for hydroxylation is 1. The van der Waals surface area contributed by atoms with Crippen LogP contribution in [-0.4, -0.2) is 17.9 Å². The van der Waals surface area contributed by atoms with Crippen LogP contribution in [0.5, 0.6) is 0 Å². The number of anilines is 2. The van der Waals surface area contributed by atoms with E-state index in [0.29, 0.717) is 17.1 Å². The summed E-state index contributed by atoms with van der Waals surface area (Å²) in [6, 6.07) is 7.99. The van der Waals surface area contributed by atoms with Crippen LogP contribution >= 0.6 is 0 Å². The lowest BCUT2D eigenvalue weighted by Gasteiger charge is -2.22. The van der Waals surface area contributed by atoms with Crippen LogP contribution < -0.4 is 10.6 Å². The van der Waals surface area contributed by atoms with Gasteiger partial charge in [0.05, 0.1) is 5.56 Å². The van der Waals surface area contributed by atoms with E-state index in [-0.39, 0.29) is 11.7 Å². The van der Waals surface area contributed by atoms with Crippen molar-refractivity contribution < 1.29 is 4.39 Å². The summed E-state index contributed by atoms with van der Waals surface area (Å²) in [5.41, 5.74) is 7.68. The predicted octanol–water partition coefficient (Wildman–Crippen LogP) is 2.58. The largest absolute Gasteiger partial charge is 0.384 e. The maximum absolute atomic E-state index is 13.3. The average Bonchev–Trinajstić information content (AvgIpc) is 2.37. The van der Waals surface area contributed by atoms with Gasteiger partial charge in [0.2, 0.25) is 0 Å². The van der Waals surface area contributed by atoms with Gasteiger partial charge in [-0.1, -0.05) is 6.07 Å². The molecule has 1 heterocycles. The third kappa shape index (κ3) is 2.54. The van der Waals surface area contributed by atoms with E-state index < -0.39 is 0 Å². The van der Waals surface area contributed by atoms with Crippen LogP contribution in [0.3, 0.4) is 0 Å². The number of nitrogens with one attached hydrogen (secondary N) is 1. The molecule has 4 nitrogen and oxygen atoms in total. The van der Waals surface area contributed by atoms with Crippen molar-refractivity contribution in [1.29, 1.82) is 5.41 Å². The zero-order valence-corrected chi connectivity index (χ0v) is 10.8. The third-order valence-electron chi connectivity index (χ3n) is 2.92. The van der Waals surface area contributed by atoms with Crippen molar-refractivity contribution in [3.8, 4) is 0 Å². The van der Waals surface area contributed by atoms with Crippen LogP contribution in [0.1, 0.15) is 11.1 Å². The van der Waals surface area contributed by atoms with Gasteiger partial charge >= 0.3 is 0 Å². The number of nitrogen functional groups attached to an aromatic ring is 1. The third-order valence-corrected chi connectivity index (χ3v) is 2.92. The Morgan fingerprint density at radius 1 is 1.37 bits per heavy atom. The molecule has 0 fully saturated rings. The minimum atomic E-state index is -0.318. The van der Waals surface area contributed by atoms with Gasteiger partial charge < -0.3 is 10.6 Å². The summed E-state index contributed by atoms with van der Waals surface area (Å²) in [6.07, 6.45) is 1.65. The highest BCUT2D eigenvalue weighted by molar-refractivity contribution is 6.01. The van der Waals surface area contributed by atoms with Gasteiger partial charge in [0, 0.05) is 18.9 Å². The number of aromatic nitrogens is 1. The number of benzene rings is 1. The average molecular weight is 258 g/mol. The van der Waals surface area contributed by atoms with Gasteiger partial charge in [0.15, 0.2) is 0 Å². The number of pyridine rings is 1. The first-order valence-electron chi connectivity index (χ1n) is 5.80. The van der Waals surface area contributed by atoms with E-state index in [1.165, 1.54) is 12.1 Å². The zero-order valence-electron chi connectivity index (χ0n) is 10.8. The van der Waals surface area contributed by atoms with E-state index in [4.69, 9.17) is 11.1 Å². The fourth-order valence-corrected chi connectivity index (χ4v) is 1.94. The van der Waals surface area contributed by atoms with Gasteiger partial charge in [-0.15, -0.1) is 0 Å². The molecule has 0 aliphatic rings. The monoisotopic (exact) mass is 258 g/mol. The minimum Gasteiger partial charge on any atom is -0.384 e. The highest BCUT2D eigenvalue weighted by Crippen LogP contribution is 2.26. The van der Waals surface area contributed by atoms with Crippen molar-refractivity contribution in [3.63, 3.8) is 0 Å². The Morgan fingerprint density at radius 2 is 2.11 bits per heavy atom. The second-order valence-corrected chi connectivity index (χ2v) is 4.28. The van der Waals surface area contributed by atoms with E-state index in [1.54, 1.807) is 36.3 Å². The lowest BCUT2D eigenvalue weighted by Crippen LogP contribution is -2.21. The summed E-state index contributed by atoms with van der Waals surface area (Å²) in [5.74, 6) is 0.170. The van der Waals surface area contributed by atoms with Crippen molar-refractivity contribution in [2.24, 2.45) is 5.73 Å². The molecule has 0 atom stereocenters. The number of amidine groups is 1. The summed E-state index contributed by atoms with van der Waals surface area (Å²) in [7, 11) is 1.77. The first-order valence-corrected chi connectivity index (χ1v) is 5.80. The highest BCUT2D eigenvalue weighted by Gasteiger charge is 2.15. The van der Waals surface area contributed by atoms with Gasteiger partial charge in [-0.2, -0.15) is 0 Å². The molecule has 0 spiro atoms. The molecule has 0 saturated carbocycles. The van der Waals surface area contributed by atoms with Crippen molar-refractivity contribution in [2.75, 3.05) is 11.9 Å². The standard InChI is InChI=1S/C14H15FN4/c1-9-6-7-18-14(12(9)13(16)17)19(2)11-5-3-4-10(15)8-11/h3-8H,1-2H3,(H3,16,17). The fraction of sp³-hybridized carbons (Fsp3) is 0.143. The first-order chi connectivity index (χ1) is 9.00. The molecule has 0 aliphatic carbocycles. The van der Waals surface area contributed by atoms with Gasteiger partial charge in [-0.25, -0.2) is 9.37 Å². The Morgan fingerprint density at radius 3 is 2.74 bits per heavy atom. The number of nitrogens with two attached hydrogens (primary N) is 1. The Hall–Kier alpha value is -2.43. The maximum Gasteiger partial charge on any atom is 0.143 e. The number of hydrogen-bond donors (Lipinski definition) is 2. The Kier molecular flexibility index (Phi) is 3.46. The summed E-state index contributed by atoms with van der Waals surface area (Å²) in [4.78, 5) is 5.96. The molecule has 2 aromatic rings. The van der Waals surface area contributed by atoms with Crippen LogP contribution in [0.25, 0.3) is 0 Å². The van der Waals surface area contributed by atoms with Crippen LogP contribution in [0, 0.1) is 18.2 Å². The summed E-state index contributed by atoms with van der Waals surface area (Å²) in [5, 5.41) is 7.65. The zero-order chi connectivity index (χ0) is 14.0. The second-order valence-electron chi connectivity index (χ2n) is 4.28. The number of rotatable bonds is 3. The molecule has 1 aromatic heterocycles. The first kappa shape index (κ1) is 13.0. The quantitative estimate of drug-likeness (QED) is 0.657. The summed E-state index contributed by atoms with van der Waals surface area (Å²) < 4.78 is 13.3. The van der Waals surface area contributed by atoms with Crippen LogP contribution in [0.4, 0.5) is 15.9 Å². The van der Waals surface area contributed by atoms with E-state index in [1.807, 2.05) is 6.92 Å². The van der Waals surface area contributed by atoms with Crippen molar-refractivity contribution >= 4 is 17.3 Å². The van der Waals surface area contributed by atoms with E-state index in [2.05, 4.69) is 4.98 Å². The minimum absolute atomic E-state index is 0.0520. The molecular weight excluding hydrogens is 243 g/mol. The molecule has 0 unspecified atom stereocenters. The molecule has 0 bridgehead atoms. The molecule has 3 N–H and O–H groups in total. The van der Waals surface area contributed by atoms with Gasteiger partial charge in [0.1, 0.15) is 17.5 Å². The molecule has 98 valence electrons. The van der Waals surface area contributed by atoms with E-state index in [9.17, 15) is 4.39 Å². The number of halogens is 1. The molecule has 5 heteroatoms. The van der Waals surface area contributed by atoms with Gasteiger partial charge in [0.25, 0.3) is 0 Å². The maximum atomic E-state index is 13.3.